The molecule has 27 heavy (non-hydrogen) atoms. The van der Waals surface area contributed by atoms with Gasteiger partial charge in [-0.15, -0.1) is 0 Å². The van der Waals surface area contributed by atoms with Gasteiger partial charge in [0.05, 0.1) is 44.5 Å². The highest BCUT2D eigenvalue weighted by molar-refractivity contribution is 14.1. The number of piperazine rings is 1. The average molecular weight is 506 g/mol. The predicted molar refractivity (Wildman–Crippen MR) is 116 cm³/mol. The Bertz CT molecular complexity index is 996. The van der Waals surface area contributed by atoms with Gasteiger partial charge in [-0.1, -0.05) is 11.6 Å². The van der Waals surface area contributed by atoms with E-state index in [4.69, 9.17) is 11.6 Å². The molecule has 1 aromatic carbocycles. The fourth-order valence-electron chi connectivity index (χ4n) is 4.18. The first-order valence-corrected chi connectivity index (χ1v) is 10.3. The molecule has 0 bridgehead atoms. The van der Waals surface area contributed by atoms with Gasteiger partial charge < -0.3 is 9.80 Å². The third-order valence-corrected chi connectivity index (χ3v) is 7.30. The minimum atomic E-state index is -0.384. The van der Waals surface area contributed by atoms with Gasteiger partial charge >= 0.3 is 5.69 Å². The second-order valence-corrected chi connectivity index (χ2v) is 8.97. The van der Waals surface area contributed by atoms with Gasteiger partial charge in [-0.05, 0) is 27.3 Å². The number of halogens is 3. The third kappa shape index (κ3) is 2.82. The lowest BCUT2D eigenvalue weighted by Gasteiger charge is -2.46. The van der Waals surface area contributed by atoms with Gasteiger partial charge in [-0.2, -0.15) is 4.98 Å². The Morgan fingerprint density at radius 3 is 2.70 bits per heavy atom. The maximum Gasteiger partial charge on any atom is 0.359 e. The molecule has 1 saturated heterocycles. The molecule has 0 radical (unpaired) electrons. The molecule has 3 heterocycles. The Kier molecular flexibility index (Phi) is 4.79. The van der Waals surface area contributed by atoms with E-state index >= 15 is 4.39 Å². The SMILES string of the molecule is Cc1c(F)c2c3c(nc(=O)n(I)c3c1Cl)N1CC(C)N(C)CC1CCN2C. The summed E-state index contributed by atoms with van der Waals surface area (Å²) in [7, 11) is 4.01. The molecule has 146 valence electrons. The number of rotatable bonds is 0. The standard InChI is InChI=1S/C18H22ClFIN5O/c1-9-7-25-11(8-24(9)4)5-6-23(3)16-12-15(13(19)10(2)14(16)20)26(21)18(27)22-17(12)25/h9,11H,5-8H2,1-4H3. The van der Waals surface area contributed by atoms with Crippen molar-refractivity contribution in [1.29, 1.82) is 0 Å². The van der Waals surface area contributed by atoms with Gasteiger partial charge in [0.2, 0.25) is 0 Å². The monoisotopic (exact) mass is 505 g/mol. The summed E-state index contributed by atoms with van der Waals surface area (Å²) >= 11 is 8.43. The summed E-state index contributed by atoms with van der Waals surface area (Å²) in [5.74, 6) is 0.212. The first-order valence-electron chi connectivity index (χ1n) is 9.00. The number of anilines is 2. The summed E-state index contributed by atoms with van der Waals surface area (Å²) in [5.41, 5.74) is 0.993. The van der Waals surface area contributed by atoms with Gasteiger partial charge in [0, 0.05) is 44.3 Å². The first kappa shape index (κ1) is 19.2. The first-order chi connectivity index (χ1) is 12.7. The van der Waals surface area contributed by atoms with Crippen LogP contribution >= 0.6 is 34.5 Å². The van der Waals surface area contributed by atoms with Crippen molar-refractivity contribution in [3.8, 4) is 0 Å². The van der Waals surface area contributed by atoms with Crippen molar-refractivity contribution in [2.24, 2.45) is 0 Å². The van der Waals surface area contributed by atoms with Crippen molar-refractivity contribution in [2.45, 2.75) is 32.4 Å². The number of nitrogens with zero attached hydrogens (tertiary/aromatic N) is 5. The molecule has 0 spiro atoms. The zero-order valence-corrected chi connectivity index (χ0v) is 18.7. The third-order valence-electron chi connectivity index (χ3n) is 5.94. The number of fused-ring (bicyclic) bond motifs is 2. The lowest BCUT2D eigenvalue weighted by atomic mass is 10.00. The van der Waals surface area contributed by atoms with E-state index in [9.17, 15) is 4.79 Å². The van der Waals surface area contributed by atoms with Crippen molar-refractivity contribution < 1.29 is 4.39 Å². The Hall–Kier alpha value is -1.13. The maximum atomic E-state index is 15.3. The van der Waals surface area contributed by atoms with E-state index in [1.54, 1.807) is 6.92 Å². The molecule has 4 rings (SSSR count). The molecule has 0 N–H and O–H groups in total. The number of hydrogen-bond acceptors (Lipinski definition) is 5. The van der Waals surface area contributed by atoms with Crippen LogP contribution in [0, 0.1) is 12.7 Å². The van der Waals surface area contributed by atoms with Crippen LogP contribution in [0.1, 0.15) is 18.9 Å². The molecular weight excluding hydrogens is 484 g/mol. The minimum absolute atomic E-state index is 0.213. The van der Waals surface area contributed by atoms with Crippen molar-refractivity contribution in [2.75, 3.05) is 43.5 Å². The summed E-state index contributed by atoms with van der Waals surface area (Å²) in [6.07, 6.45) is 0.866. The summed E-state index contributed by atoms with van der Waals surface area (Å²) in [6.45, 7) is 6.15. The molecule has 0 saturated carbocycles. The van der Waals surface area contributed by atoms with Crippen molar-refractivity contribution >= 4 is 56.9 Å². The van der Waals surface area contributed by atoms with Crippen LogP contribution in [0.15, 0.2) is 4.79 Å². The van der Waals surface area contributed by atoms with E-state index in [0.717, 1.165) is 26.1 Å². The van der Waals surface area contributed by atoms with Crippen LogP contribution in [0.4, 0.5) is 15.9 Å². The van der Waals surface area contributed by atoms with Crippen LogP contribution in [-0.4, -0.2) is 58.5 Å². The molecule has 2 unspecified atom stereocenters. The molecule has 1 fully saturated rings. The molecule has 1 aromatic heterocycles. The molecule has 2 aromatic rings. The average Bonchev–Trinajstić information content (AvgIpc) is 2.62. The molecule has 2 aliphatic heterocycles. The lowest BCUT2D eigenvalue weighted by molar-refractivity contribution is 0.195. The smallest absolute Gasteiger partial charge is 0.359 e. The van der Waals surface area contributed by atoms with Crippen molar-refractivity contribution in [3.05, 3.63) is 26.9 Å². The van der Waals surface area contributed by atoms with Gasteiger partial charge in [-0.25, -0.2) is 12.0 Å². The Morgan fingerprint density at radius 2 is 2.00 bits per heavy atom. The van der Waals surface area contributed by atoms with Gasteiger partial charge in [0.15, 0.2) is 5.82 Å². The summed E-state index contributed by atoms with van der Waals surface area (Å²) < 4.78 is 16.7. The second kappa shape index (κ2) is 6.73. The molecule has 0 amide bonds. The van der Waals surface area contributed by atoms with E-state index in [1.807, 2.05) is 34.8 Å². The molecule has 2 aliphatic rings. The molecular formula is C18H22ClFIN5O. The fraction of sp³-hybridized carbons (Fsp3) is 0.556. The number of likely N-dealkylation sites (N-methyl/N-ethyl adjacent to an activating group) is 1. The number of aromatic nitrogens is 2. The topological polar surface area (TPSA) is 44.6 Å². The summed E-state index contributed by atoms with van der Waals surface area (Å²) in [5, 5.41) is 0.898. The van der Waals surface area contributed by atoms with Crippen LogP contribution in [-0.2, 0) is 0 Å². The van der Waals surface area contributed by atoms with Gasteiger partial charge in [-0.3, -0.25) is 4.90 Å². The van der Waals surface area contributed by atoms with E-state index in [1.165, 1.54) is 2.78 Å². The van der Waals surface area contributed by atoms with Crippen molar-refractivity contribution in [1.82, 2.24) is 12.7 Å². The molecule has 9 heteroatoms. The Morgan fingerprint density at radius 1 is 1.30 bits per heavy atom. The van der Waals surface area contributed by atoms with Crippen LogP contribution in [0.2, 0.25) is 5.02 Å². The lowest BCUT2D eigenvalue weighted by Crippen LogP contribution is -2.57. The van der Waals surface area contributed by atoms with Gasteiger partial charge in [0.25, 0.3) is 0 Å². The highest BCUT2D eigenvalue weighted by atomic mass is 127. The Balaban J connectivity index is 2.13. The zero-order chi connectivity index (χ0) is 19.6. The van der Waals surface area contributed by atoms with E-state index < -0.39 is 0 Å². The van der Waals surface area contributed by atoms with Gasteiger partial charge in [0.1, 0.15) is 5.82 Å². The summed E-state index contributed by atoms with van der Waals surface area (Å²) in [4.78, 5) is 23.5. The number of hydrogen-bond donors (Lipinski definition) is 0. The van der Waals surface area contributed by atoms with Crippen LogP contribution < -0.4 is 15.5 Å². The highest BCUT2D eigenvalue weighted by Gasteiger charge is 2.36. The molecule has 6 nitrogen and oxygen atoms in total. The highest BCUT2D eigenvalue weighted by Crippen LogP contribution is 2.43. The normalized spacial score (nSPS) is 23.4. The van der Waals surface area contributed by atoms with Crippen LogP contribution in [0.5, 0.6) is 0 Å². The Labute approximate surface area is 176 Å². The fourth-order valence-corrected chi connectivity index (χ4v) is 5.17. The maximum absolute atomic E-state index is 15.3. The largest absolute Gasteiger partial charge is 0.371 e. The predicted octanol–water partition coefficient (Wildman–Crippen LogP) is 3.04. The minimum Gasteiger partial charge on any atom is -0.371 e. The van der Waals surface area contributed by atoms with Crippen LogP contribution in [0.25, 0.3) is 10.9 Å². The van der Waals surface area contributed by atoms with E-state index in [-0.39, 0.29) is 22.6 Å². The van der Waals surface area contributed by atoms with Crippen molar-refractivity contribution in [3.63, 3.8) is 0 Å². The quantitative estimate of drug-likeness (QED) is 0.515. The zero-order valence-electron chi connectivity index (χ0n) is 15.8. The van der Waals surface area contributed by atoms with Crippen LogP contribution in [0.3, 0.4) is 0 Å². The number of benzene rings is 1. The second-order valence-electron chi connectivity index (χ2n) is 7.63. The van der Waals surface area contributed by atoms with E-state index in [2.05, 4.69) is 28.8 Å². The molecule has 0 aliphatic carbocycles. The molecule has 2 atom stereocenters. The van der Waals surface area contributed by atoms with E-state index in [0.29, 0.717) is 34.0 Å². The summed E-state index contributed by atoms with van der Waals surface area (Å²) in [6, 6.07) is 0.525.